The highest BCUT2D eigenvalue weighted by Gasteiger charge is 2.33. The van der Waals surface area contributed by atoms with Gasteiger partial charge in [-0.2, -0.15) is 0 Å². The molecular weight excluding hydrogens is 405 g/mol. The van der Waals surface area contributed by atoms with Crippen molar-refractivity contribution in [1.82, 2.24) is 4.90 Å². The fourth-order valence-corrected chi connectivity index (χ4v) is 5.72. The van der Waals surface area contributed by atoms with Gasteiger partial charge in [0.25, 0.3) is 5.91 Å². The van der Waals surface area contributed by atoms with Crippen molar-refractivity contribution in [3.63, 3.8) is 0 Å². The number of carbonyl (C=O) groups is 1. The minimum absolute atomic E-state index is 0.0378. The molecule has 0 radical (unpaired) electrons. The third-order valence-corrected chi connectivity index (χ3v) is 7.08. The minimum Gasteiger partial charge on any atom is -0.370 e. The Morgan fingerprint density at radius 3 is 2.47 bits per heavy atom. The van der Waals surface area contributed by atoms with E-state index in [0.29, 0.717) is 37.3 Å². The Labute approximate surface area is 176 Å². The highest BCUT2D eigenvalue weighted by Crippen LogP contribution is 2.35. The van der Waals surface area contributed by atoms with E-state index in [2.05, 4.69) is 4.90 Å². The molecule has 0 bridgehead atoms. The number of benzene rings is 2. The lowest BCUT2D eigenvalue weighted by Gasteiger charge is -2.24. The minimum atomic E-state index is -3.35. The number of fused-ring (bicyclic) bond motifs is 1. The van der Waals surface area contributed by atoms with E-state index in [9.17, 15) is 17.6 Å². The summed E-state index contributed by atoms with van der Waals surface area (Å²) in [7, 11) is -3.35. The van der Waals surface area contributed by atoms with Gasteiger partial charge in [-0.3, -0.25) is 9.10 Å². The van der Waals surface area contributed by atoms with E-state index >= 15 is 0 Å². The second-order valence-electron chi connectivity index (χ2n) is 8.06. The Balaban J connectivity index is 1.49. The largest absolute Gasteiger partial charge is 0.370 e. The first-order chi connectivity index (χ1) is 14.2. The first-order valence-electron chi connectivity index (χ1n) is 10.2. The Morgan fingerprint density at radius 1 is 1.03 bits per heavy atom. The Morgan fingerprint density at radius 2 is 1.77 bits per heavy atom. The van der Waals surface area contributed by atoms with Gasteiger partial charge in [0, 0.05) is 43.5 Å². The van der Waals surface area contributed by atoms with Gasteiger partial charge in [0.15, 0.2) is 0 Å². The summed E-state index contributed by atoms with van der Waals surface area (Å²) in [5.41, 5.74) is 3.10. The van der Waals surface area contributed by atoms with E-state index in [1.165, 1.54) is 22.7 Å². The lowest BCUT2D eigenvalue weighted by Crippen LogP contribution is -2.35. The smallest absolute Gasteiger partial charge is 0.253 e. The molecule has 30 heavy (non-hydrogen) atoms. The number of carbonyl (C=O) groups excluding carboxylic acids is 1. The van der Waals surface area contributed by atoms with Crippen LogP contribution in [0.25, 0.3) is 0 Å². The molecule has 4 rings (SSSR count). The molecule has 0 N–H and O–H groups in total. The number of anilines is 2. The molecule has 2 aromatic rings. The standard InChI is InChI=1S/C22H26FN3O3S/c1-16-14-18-15-17(4-9-21(18)26(16)30(2,28)29)22(27)25-11-3-10-24(12-13-25)20-7-5-19(23)6-8-20/h4-9,15-16H,3,10-14H2,1-2H3. The van der Waals surface area contributed by atoms with Gasteiger partial charge in [0.1, 0.15) is 5.82 Å². The molecule has 1 atom stereocenters. The number of hydrogen-bond donors (Lipinski definition) is 0. The van der Waals surface area contributed by atoms with Gasteiger partial charge in [-0.05, 0) is 67.8 Å². The number of nitrogens with zero attached hydrogens (tertiary/aromatic N) is 3. The summed E-state index contributed by atoms with van der Waals surface area (Å²) in [5, 5.41) is 0. The zero-order valence-corrected chi connectivity index (χ0v) is 18.0. The van der Waals surface area contributed by atoms with Crippen LogP contribution in [0.1, 0.15) is 29.3 Å². The second-order valence-corrected chi connectivity index (χ2v) is 9.92. The molecule has 2 aliphatic rings. The number of rotatable bonds is 3. The van der Waals surface area contributed by atoms with Crippen LogP contribution in [0.4, 0.5) is 15.8 Å². The van der Waals surface area contributed by atoms with E-state index in [1.54, 1.807) is 24.3 Å². The second kappa shape index (κ2) is 7.91. The molecule has 1 unspecified atom stereocenters. The van der Waals surface area contributed by atoms with Gasteiger partial charge < -0.3 is 9.80 Å². The van der Waals surface area contributed by atoms with E-state index in [4.69, 9.17) is 0 Å². The van der Waals surface area contributed by atoms with Crippen molar-refractivity contribution in [2.45, 2.75) is 25.8 Å². The van der Waals surface area contributed by atoms with Crippen molar-refractivity contribution in [2.75, 3.05) is 41.6 Å². The molecule has 1 fully saturated rings. The molecular formula is C22H26FN3O3S. The predicted molar refractivity (Wildman–Crippen MR) is 116 cm³/mol. The highest BCUT2D eigenvalue weighted by atomic mass is 32.2. The molecule has 2 aromatic carbocycles. The fraction of sp³-hybridized carbons (Fsp3) is 0.409. The molecule has 0 aromatic heterocycles. The van der Waals surface area contributed by atoms with Gasteiger partial charge in [0.2, 0.25) is 10.0 Å². The first kappa shape index (κ1) is 20.7. The summed E-state index contributed by atoms with van der Waals surface area (Å²) in [6.45, 7) is 4.60. The zero-order chi connectivity index (χ0) is 21.5. The van der Waals surface area contributed by atoms with Crippen molar-refractivity contribution in [3.05, 3.63) is 59.4 Å². The molecule has 160 valence electrons. The molecule has 0 saturated carbocycles. The number of amides is 1. The highest BCUT2D eigenvalue weighted by molar-refractivity contribution is 7.92. The summed E-state index contributed by atoms with van der Waals surface area (Å²) in [6.07, 6.45) is 2.64. The van der Waals surface area contributed by atoms with Crippen molar-refractivity contribution in [1.29, 1.82) is 0 Å². The van der Waals surface area contributed by atoms with Gasteiger partial charge in [-0.25, -0.2) is 12.8 Å². The van der Waals surface area contributed by atoms with Crippen molar-refractivity contribution >= 4 is 27.3 Å². The molecule has 6 nitrogen and oxygen atoms in total. The van der Waals surface area contributed by atoms with E-state index in [-0.39, 0.29) is 17.8 Å². The van der Waals surface area contributed by atoms with Gasteiger partial charge in [-0.1, -0.05) is 0 Å². The maximum absolute atomic E-state index is 13.2. The molecule has 1 amide bonds. The maximum Gasteiger partial charge on any atom is 0.253 e. The third-order valence-electron chi connectivity index (χ3n) is 5.81. The summed E-state index contributed by atoms with van der Waals surface area (Å²) in [4.78, 5) is 17.1. The number of sulfonamides is 1. The van der Waals surface area contributed by atoms with E-state index in [1.807, 2.05) is 17.9 Å². The molecule has 0 spiro atoms. The van der Waals surface area contributed by atoms with Crippen LogP contribution < -0.4 is 9.21 Å². The maximum atomic E-state index is 13.2. The van der Waals surface area contributed by atoms with Gasteiger partial charge in [-0.15, -0.1) is 0 Å². The van der Waals surface area contributed by atoms with Crippen molar-refractivity contribution in [2.24, 2.45) is 0 Å². The predicted octanol–water partition coefficient (Wildman–Crippen LogP) is 2.89. The quantitative estimate of drug-likeness (QED) is 0.750. The van der Waals surface area contributed by atoms with Crippen LogP contribution in [0.15, 0.2) is 42.5 Å². The number of hydrogen-bond acceptors (Lipinski definition) is 4. The molecule has 2 heterocycles. The topological polar surface area (TPSA) is 60.9 Å². The first-order valence-corrected chi connectivity index (χ1v) is 12.0. The van der Waals surface area contributed by atoms with Crippen LogP contribution in [0.2, 0.25) is 0 Å². The lowest BCUT2D eigenvalue weighted by molar-refractivity contribution is 0.0767. The number of halogens is 1. The van der Waals surface area contributed by atoms with Crippen LogP contribution in [-0.4, -0.2) is 57.7 Å². The van der Waals surface area contributed by atoms with Crippen LogP contribution in [0.3, 0.4) is 0 Å². The van der Waals surface area contributed by atoms with E-state index < -0.39 is 10.0 Å². The van der Waals surface area contributed by atoms with Crippen LogP contribution in [0, 0.1) is 5.82 Å². The monoisotopic (exact) mass is 431 g/mol. The zero-order valence-electron chi connectivity index (χ0n) is 17.2. The Hall–Kier alpha value is -2.61. The Kier molecular flexibility index (Phi) is 5.44. The Bertz CT molecular complexity index is 1060. The van der Waals surface area contributed by atoms with Crippen LogP contribution >= 0.6 is 0 Å². The fourth-order valence-electron chi connectivity index (χ4n) is 4.45. The third kappa shape index (κ3) is 4.01. The van der Waals surface area contributed by atoms with Crippen molar-refractivity contribution in [3.8, 4) is 0 Å². The molecule has 1 saturated heterocycles. The van der Waals surface area contributed by atoms with Gasteiger partial charge in [0.05, 0.1) is 11.9 Å². The molecule has 2 aliphatic heterocycles. The average molecular weight is 432 g/mol. The average Bonchev–Trinajstić information content (AvgIpc) is 2.86. The summed E-state index contributed by atoms with van der Waals surface area (Å²) < 4.78 is 38.8. The van der Waals surface area contributed by atoms with E-state index in [0.717, 1.165) is 24.2 Å². The summed E-state index contributed by atoms with van der Waals surface area (Å²) >= 11 is 0. The normalized spacial score (nSPS) is 19.6. The van der Waals surface area contributed by atoms with Crippen LogP contribution in [0.5, 0.6) is 0 Å². The molecule has 8 heteroatoms. The summed E-state index contributed by atoms with van der Waals surface area (Å²) in [5.74, 6) is -0.296. The van der Waals surface area contributed by atoms with Gasteiger partial charge >= 0.3 is 0 Å². The summed E-state index contributed by atoms with van der Waals surface area (Å²) in [6, 6.07) is 11.6. The van der Waals surface area contributed by atoms with Crippen molar-refractivity contribution < 1.29 is 17.6 Å². The SMILES string of the molecule is CC1Cc2cc(C(=O)N3CCCN(c4ccc(F)cc4)CC3)ccc2N1S(C)(=O)=O. The lowest BCUT2D eigenvalue weighted by atomic mass is 10.1. The molecule has 0 aliphatic carbocycles. The van der Waals surface area contributed by atoms with Crippen LogP contribution in [-0.2, 0) is 16.4 Å².